The minimum Gasteiger partial charge on any atom is -0.512 e. The van der Waals surface area contributed by atoms with Crippen molar-refractivity contribution in [2.75, 3.05) is 0 Å². The van der Waals surface area contributed by atoms with Crippen LogP contribution < -0.4 is 0 Å². The van der Waals surface area contributed by atoms with Crippen LogP contribution in [0.2, 0.25) is 0 Å². The lowest BCUT2D eigenvalue weighted by molar-refractivity contribution is -0.184. The zero-order valence-corrected chi connectivity index (χ0v) is 20.5. The average Bonchev–Trinajstić information content (AvgIpc) is 3.29. The molecule has 1 aromatic rings. The van der Waals surface area contributed by atoms with E-state index in [1.807, 2.05) is 13.0 Å². The molecule has 162 valence electrons. The third kappa shape index (κ3) is 5.34. The normalized spacial score (nSPS) is 24.6. The Balaban J connectivity index is 2.35. The van der Waals surface area contributed by atoms with Gasteiger partial charge in [0, 0.05) is 17.8 Å². The molecule has 0 amide bonds. The van der Waals surface area contributed by atoms with Crippen molar-refractivity contribution in [2.45, 2.75) is 63.6 Å². The van der Waals surface area contributed by atoms with Crippen LogP contribution in [0.1, 0.15) is 57.4 Å². The molecule has 1 aliphatic rings. The molecule has 5 nitrogen and oxygen atoms in total. The van der Waals surface area contributed by atoms with E-state index in [0.717, 1.165) is 19.6 Å². The molecule has 0 saturated heterocycles. The van der Waals surface area contributed by atoms with Crippen LogP contribution in [-0.4, -0.2) is 38.1 Å². The second-order valence-electron chi connectivity index (χ2n) is 7.48. The van der Waals surface area contributed by atoms with Crippen LogP contribution in [0.5, 0.6) is 0 Å². The summed E-state index contributed by atoms with van der Waals surface area (Å²) in [5, 5.41) is 42.2. The van der Waals surface area contributed by atoms with E-state index in [4.69, 9.17) is 0 Å². The molecule has 0 spiro atoms. The Morgan fingerprint density at radius 1 is 1.38 bits per heavy atom. The number of aliphatic carboxylic acids is 1. The summed E-state index contributed by atoms with van der Waals surface area (Å²) in [6.45, 7) is 3.79. The molecule has 1 aliphatic carbocycles. The van der Waals surface area contributed by atoms with Crippen LogP contribution in [0.4, 0.5) is 0 Å². The van der Waals surface area contributed by atoms with E-state index in [1.165, 1.54) is 0 Å². The molecule has 0 bridgehead atoms. The molecule has 8 heteroatoms. The SMILES string of the molecule is C/C=C\C[C@@H](O)C(O)(C(=O)O)C1CCC[C@H]1/C(O)=C\[C@@H](CC)c1cc(Br)sc1Br. The van der Waals surface area contributed by atoms with Crippen LogP contribution in [0, 0.1) is 11.8 Å². The van der Waals surface area contributed by atoms with Crippen LogP contribution in [0.3, 0.4) is 0 Å². The van der Waals surface area contributed by atoms with E-state index < -0.39 is 29.5 Å². The molecule has 2 rings (SSSR count). The fourth-order valence-electron chi connectivity index (χ4n) is 4.20. The van der Waals surface area contributed by atoms with Crippen LogP contribution in [0.25, 0.3) is 0 Å². The molecule has 2 unspecified atom stereocenters. The quantitative estimate of drug-likeness (QED) is 0.231. The second kappa shape index (κ2) is 10.6. The zero-order valence-electron chi connectivity index (χ0n) is 16.5. The highest BCUT2D eigenvalue weighted by Gasteiger charge is 2.54. The van der Waals surface area contributed by atoms with Gasteiger partial charge in [0.1, 0.15) is 0 Å². The molecular formula is C21H28Br2O5S. The van der Waals surface area contributed by atoms with Gasteiger partial charge in [0.2, 0.25) is 0 Å². The highest BCUT2D eigenvalue weighted by atomic mass is 79.9. The predicted octanol–water partition coefficient (Wildman–Crippen LogP) is 5.77. The van der Waals surface area contributed by atoms with E-state index in [2.05, 4.69) is 31.9 Å². The van der Waals surface area contributed by atoms with Gasteiger partial charge in [-0.1, -0.05) is 25.5 Å². The Bertz CT molecular complexity index is 775. The minimum atomic E-state index is -2.31. The van der Waals surface area contributed by atoms with Gasteiger partial charge in [-0.05, 0) is 82.2 Å². The number of halogens is 2. The summed E-state index contributed by atoms with van der Waals surface area (Å²) in [7, 11) is 0. The Labute approximate surface area is 192 Å². The molecule has 0 aromatic carbocycles. The van der Waals surface area contributed by atoms with Gasteiger partial charge in [-0.3, -0.25) is 0 Å². The van der Waals surface area contributed by atoms with Gasteiger partial charge in [-0.15, -0.1) is 11.3 Å². The average molecular weight is 552 g/mol. The maximum atomic E-state index is 12.0. The summed E-state index contributed by atoms with van der Waals surface area (Å²) in [5.74, 6) is -2.67. The van der Waals surface area contributed by atoms with Crippen molar-refractivity contribution in [1.29, 1.82) is 0 Å². The number of allylic oxidation sites excluding steroid dienone is 3. The van der Waals surface area contributed by atoms with Crippen LogP contribution in [-0.2, 0) is 4.79 Å². The van der Waals surface area contributed by atoms with Crippen molar-refractivity contribution in [1.82, 2.24) is 0 Å². The number of thiophene rings is 1. The number of carbonyl (C=O) groups is 1. The van der Waals surface area contributed by atoms with E-state index in [1.54, 1.807) is 36.5 Å². The minimum absolute atomic E-state index is 0.0421. The van der Waals surface area contributed by atoms with Gasteiger partial charge in [0.15, 0.2) is 5.60 Å². The molecular weight excluding hydrogens is 524 g/mol. The van der Waals surface area contributed by atoms with Crippen LogP contribution >= 0.6 is 43.2 Å². The molecule has 0 radical (unpaired) electrons. The third-order valence-electron chi connectivity index (χ3n) is 5.80. The molecule has 1 aromatic heterocycles. The maximum Gasteiger partial charge on any atom is 0.338 e. The van der Waals surface area contributed by atoms with E-state index >= 15 is 0 Å². The first-order valence-corrected chi connectivity index (χ1v) is 12.2. The number of hydrogen-bond donors (Lipinski definition) is 4. The second-order valence-corrected chi connectivity index (χ2v) is 11.2. The first kappa shape index (κ1) is 24.6. The largest absolute Gasteiger partial charge is 0.512 e. The molecule has 5 atom stereocenters. The van der Waals surface area contributed by atoms with E-state index in [0.29, 0.717) is 19.3 Å². The topological polar surface area (TPSA) is 98.0 Å². The lowest BCUT2D eigenvalue weighted by Gasteiger charge is -2.37. The van der Waals surface area contributed by atoms with Gasteiger partial charge < -0.3 is 20.4 Å². The Kier molecular flexibility index (Phi) is 8.97. The summed E-state index contributed by atoms with van der Waals surface area (Å²) in [6.07, 6.45) is 6.16. The first-order valence-electron chi connectivity index (χ1n) is 9.77. The highest BCUT2D eigenvalue weighted by molar-refractivity contribution is 9.12. The Hall–Kier alpha value is -0.670. The number of rotatable bonds is 9. The fraction of sp³-hybridized carbons (Fsp3) is 0.571. The summed E-state index contributed by atoms with van der Waals surface area (Å²) in [6, 6.07) is 2.01. The van der Waals surface area contributed by atoms with Gasteiger partial charge in [0.25, 0.3) is 0 Å². The van der Waals surface area contributed by atoms with Gasteiger partial charge in [0.05, 0.1) is 19.4 Å². The number of hydrogen-bond acceptors (Lipinski definition) is 5. The van der Waals surface area contributed by atoms with Crippen molar-refractivity contribution >= 4 is 49.2 Å². The lowest BCUT2D eigenvalue weighted by atomic mass is 9.74. The number of aliphatic hydroxyl groups is 3. The fourth-order valence-corrected chi connectivity index (χ4v) is 7.20. The third-order valence-corrected chi connectivity index (χ3v) is 8.19. The van der Waals surface area contributed by atoms with E-state index in [9.17, 15) is 25.2 Å². The van der Waals surface area contributed by atoms with Gasteiger partial charge >= 0.3 is 5.97 Å². The number of carboxylic acids is 1. The lowest BCUT2D eigenvalue weighted by Crippen LogP contribution is -2.56. The Morgan fingerprint density at radius 3 is 2.59 bits per heavy atom. The monoisotopic (exact) mass is 550 g/mol. The highest BCUT2D eigenvalue weighted by Crippen LogP contribution is 2.46. The number of carboxylic acid groups (broad SMARTS) is 1. The summed E-state index contributed by atoms with van der Waals surface area (Å²) < 4.78 is 1.96. The standard InChI is InChI=1S/C21H28Br2O5S/c1-3-5-9-17(25)21(28,20(26)27)15-8-6-7-13(15)16(24)10-12(4-2)14-11-18(22)29-19(14)23/h3,5,10-13,15,17,24-25,28H,4,6-9H2,1-2H3,(H,26,27)/b5-3-,16-10+/t12-,13-,15?,17-,21?/m1/s1. The van der Waals surface area contributed by atoms with Crippen LogP contribution in [0.15, 0.2) is 37.6 Å². The molecule has 1 fully saturated rings. The number of aliphatic hydroxyl groups excluding tert-OH is 2. The molecule has 1 heterocycles. The van der Waals surface area contributed by atoms with Crippen molar-refractivity contribution < 1.29 is 25.2 Å². The molecule has 4 N–H and O–H groups in total. The van der Waals surface area contributed by atoms with Crippen molar-refractivity contribution in [2.24, 2.45) is 11.8 Å². The van der Waals surface area contributed by atoms with Gasteiger partial charge in [-0.25, -0.2) is 4.79 Å². The molecule has 0 aliphatic heterocycles. The zero-order chi connectivity index (χ0) is 21.8. The molecule has 1 saturated carbocycles. The van der Waals surface area contributed by atoms with E-state index in [-0.39, 0.29) is 18.1 Å². The molecule has 29 heavy (non-hydrogen) atoms. The summed E-state index contributed by atoms with van der Waals surface area (Å²) in [5.41, 5.74) is -1.26. The Morgan fingerprint density at radius 2 is 2.07 bits per heavy atom. The van der Waals surface area contributed by atoms with Crippen molar-refractivity contribution in [3.63, 3.8) is 0 Å². The van der Waals surface area contributed by atoms with Crippen molar-refractivity contribution in [3.05, 3.63) is 43.2 Å². The summed E-state index contributed by atoms with van der Waals surface area (Å²) >= 11 is 8.59. The maximum absolute atomic E-state index is 12.0. The smallest absolute Gasteiger partial charge is 0.338 e. The summed E-state index contributed by atoms with van der Waals surface area (Å²) in [4.78, 5) is 12.0. The predicted molar refractivity (Wildman–Crippen MR) is 122 cm³/mol. The van der Waals surface area contributed by atoms with Crippen molar-refractivity contribution in [3.8, 4) is 0 Å². The van der Waals surface area contributed by atoms with Gasteiger partial charge in [-0.2, -0.15) is 0 Å². The first-order chi connectivity index (χ1) is 13.7.